The Bertz CT molecular complexity index is 664. The molecule has 1 saturated heterocycles. The Morgan fingerprint density at radius 3 is 2.57 bits per heavy atom. The molecule has 128 valence electrons. The first-order chi connectivity index (χ1) is 10.8. The summed E-state index contributed by atoms with van der Waals surface area (Å²) < 4.78 is 23.2. The Balaban J connectivity index is 2.08. The van der Waals surface area contributed by atoms with E-state index in [1.807, 2.05) is 32.0 Å². The highest BCUT2D eigenvalue weighted by Crippen LogP contribution is 2.28. The van der Waals surface area contributed by atoms with Crippen molar-refractivity contribution in [3.05, 3.63) is 35.4 Å². The van der Waals surface area contributed by atoms with Crippen molar-refractivity contribution in [2.75, 3.05) is 25.9 Å². The molecule has 2 N–H and O–H groups in total. The van der Waals surface area contributed by atoms with Gasteiger partial charge in [0.2, 0.25) is 5.91 Å². The lowest BCUT2D eigenvalue weighted by Gasteiger charge is -2.34. The van der Waals surface area contributed by atoms with Crippen LogP contribution in [-0.4, -0.2) is 45.0 Å². The third-order valence-electron chi connectivity index (χ3n) is 4.71. The first kappa shape index (κ1) is 17.9. The molecule has 6 heteroatoms. The summed E-state index contributed by atoms with van der Waals surface area (Å²) >= 11 is 0. The highest BCUT2D eigenvalue weighted by atomic mass is 32.2. The van der Waals surface area contributed by atoms with Crippen LogP contribution >= 0.6 is 0 Å². The Morgan fingerprint density at radius 1 is 1.35 bits per heavy atom. The number of carbonyl (C=O) groups is 1. The van der Waals surface area contributed by atoms with Gasteiger partial charge < -0.3 is 10.6 Å². The SMILES string of the molecule is Cc1cccc(C(C)CNC(=O)C2(S(C)(=O)=O)CCNCC2)c1. The Kier molecular flexibility index (Phi) is 5.47. The minimum absolute atomic E-state index is 0.136. The molecule has 23 heavy (non-hydrogen) atoms. The zero-order chi connectivity index (χ0) is 17.1. The fraction of sp³-hybridized carbons (Fsp3) is 0.588. The minimum atomic E-state index is -3.46. The van der Waals surface area contributed by atoms with Crippen molar-refractivity contribution in [2.24, 2.45) is 0 Å². The van der Waals surface area contributed by atoms with Crippen LogP contribution < -0.4 is 10.6 Å². The lowest BCUT2D eigenvalue weighted by Crippen LogP contribution is -2.57. The summed E-state index contributed by atoms with van der Waals surface area (Å²) in [6.45, 7) is 5.60. The summed E-state index contributed by atoms with van der Waals surface area (Å²) in [6, 6.07) is 8.14. The number of rotatable bonds is 5. The first-order valence-corrected chi connectivity index (χ1v) is 9.90. The molecule has 0 radical (unpaired) electrons. The lowest BCUT2D eigenvalue weighted by molar-refractivity contribution is -0.124. The summed E-state index contributed by atoms with van der Waals surface area (Å²) in [5.74, 6) is -0.224. The molecule has 1 aliphatic rings. The van der Waals surface area contributed by atoms with Crippen molar-refractivity contribution in [2.45, 2.75) is 37.4 Å². The third kappa shape index (κ3) is 3.93. The van der Waals surface area contributed by atoms with Crippen LogP contribution in [0.5, 0.6) is 0 Å². The number of hydrogen-bond acceptors (Lipinski definition) is 4. The van der Waals surface area contributed by atoms with Gasteiger partial charge in [-0.05, 0) is 44.3 Å². The number of nitrogens with one attached hydrogen (secondary N) is 2. The van der Waals surface area contributed by atoms with Gasteiger partial charge in [-0.2, -0.15) is 0 Å². The van der Waals surface area contributed by atoms with E-state index in [4.69, 9.17) is 0 Å². The van der Waals surface area contributed by atoms with Gasteiger partial charge >= 0.3 is 0 Å². The van der Waals surface area contributed by atoms with Gasteiger partial charge in [-0.1, -0.05) is 36.8 Å². The molecule has 1 aromatic carbocycles. The van der Waals surface area contributed by atoms with E-state index in [0.29, 0.717) is 32.5 Å². The van der Waals surface area contributed by atoms with Crippen LogP contribution in [-0.2, 0) is 14.6 Å². The van der Waals surface area contributed by atoms with Gasteiger partial charge in [-0.3, -0.25) is 4.79 Å². The molecule has 1 atom stereocenters. The maximum Gasteiger partial charge on any atom is 0.241 e. The maximum absolute atomic E-state index is 12.7. The molecule has 0 bridgehead atoms. The molecule has 0 saturated carbocycles. The van der Waals surface area contributed by atoms with Crippen LogP contribution in [0.2, 0.25) is 0 Å². The van der Waals surface area contributed by atoms with E-state index < -0.39 is 14.6 Å². The summed E-state index contributed by atoms with van der Waals surface area (Å²) in [5.41, 5.74) is 2.32. The third-order valence-corrected chi connectivity index (χ3v) is 6.73. The average molecular weight is 338 g/mol. The maximum atomic E-state index is 12.7. The molecule has 0 spiro atoms. The number of amides is 1. The number of benzene rings is 1. The molecule has 5 nitrogen and oxygen atoms in total. The van der Waals surface area contributed by atoms with Crippen molar-refractivity contribution >= 4 is 15.7 Å². The molecule has 0 aromatic heterocycles. The second kappa shape index (κ2) is 7.01. The lowest BCUT2D eigenvalue weighted by atomic mass is 9.95. The minimum Gasteiger partial charge on any atom is -0.354 e. The molecular weight excluding hydrogens is 312 g/mol. The highest BCUT2D eigenvalue weighted by Gasteiger charge is 2.48. The van der Waals surface area contributed by atoms with Crippen LogP contribution in [0.1, 0.15) is 36.8 Å². The highest BCUT2D eigenvalue weighted by molar-refractivity contribution is 7.92. The van der Waals surface area contributed by atoms with Crippen molar-refractivity contribution in [3.63, 3.8) is 0 Å². The van der Waals surface area contributed by atoms with Gasteiger partial charge in [0.25, 0.3) is 0 Å². The molecule has 1 unspecified atom stereocenters. The topological polar surface area (TPSA) is 75.3 Å². The molecule has 1 aliphatic heterocycles. The van der Waals surface area contributed by atoms with E-state index in [9.17, 15) is 13.2 Å². The summed E-state index contributed by atoms with van der Waals surface area (Å²) in [5, 5.41) is 5.99. The van der Waals surface area contributed by atoms with Gasteiger partial charge in [0.15, 0.2) is 14.6 Å². The van der Waals surface area contributed by atoms with Gasteiger partial charge in [-0.25, -0.2) is 8.42 Å². The summed E-state index contributed by atoms with van der Waals surface area (Å²) in [7, 11) is -3.46. The van der Waals surface area contributed by atoms with Gasteiger partial charge in [0, 0.05) is 12.8 Å². The van der Waals surface area contributed by atoms with E-state index in [1.54, 1.807) is 0 Å². The molecule has 0 aliphatic carbocycles. The second-order valence-electron chi connectivity index (χ2n) is 6.54. The number of carbonyl (C=O) groups excluding carboxylic acids is 1. The molecule has 1 aromatic rings. The van der Waals surface area contributed by atoms with Crippen LogP contribution in [0.25, 0.3) is 0 Å². The fourth-order valence-electron chi connectivity index (χ4n) is 3.10. The van der Waals surface area contributed by atoms with Gasteiger partial charge in [0.05, 0.1) is 0 Å². The zero-order valence-electron chi connectivity index (χ0n) is 14.1. The smallest absolute Gasteiger partial charge is 0.241 e. The van der Waals surface area contributed by atoms with Gasteiger partial charge in [0.1, 0.15) is 0 Å². The van der Waals surface area contributed by atoms with Crippen LogP contribution in [0.4, 0.5) is 0 Å². The fourth-order valence-corrected chi connectivity index (χ4v) is 4.45. The first-order valence-electron chi connectivity index (χ1n) is 8.01. The molecule has 1 amide bonds. The number of aryl methyl sites for hydroxylation is 1. The quantitative estimate of drug-likeness (QED) is 0.850. The van der Waals surface area contributed by atoms with Crippen molar-refractivity contribution < 1.29 is 13.2 Å². The molecule has 1 heterocycles. The standard InChI is InChI=1S/C17H26N2O3S/c1-13-5-4-6-15(11-13)14(2)12-19-16(20)17(23(3,21)22)7-9-18-10-8-17/h4-6,11,14,18H,7-10,12H2,1-3H3,(H,19,20). The monoisotopic (exact) mass is 338 g/mol. The van der Waals surface area contributed by atoms with E-state index in [-0.39, 0.29) is 11.8 Å². The molecule has 1 fully saturated rings. The number of piperidine rings is 1. The molecular formula is C17H26N2O3S. The van der Waals surface area contributed by atoms with E-state index in [2.05, 4.69) is 16.7 Å². The van der Waals surface area contributed by atoms with E-state index in [1.165, 1.54) is 11.8 Å². The normalized spacial score (nSPS) is 19.1. The van der Waals surface area contributed by atoms with Crippen LogP contribution in [0.15, 0.2) is 24.3 Å². The van der Waals surface area contributed by atoms with Gasteiger partial charge in [-0.15, -0.1) is 0 Å². The van der Waals surface area contributed by atoms with Crippen molar-refractivity contribution in [1.29, 1.82) is 0 Å². The summed E-state index contributed by atoms with van der Waals surface area (Å²) in [4.78, 5) is 12.7. The Labute approximate surface area is 138 Å². The second-order valence-corrected chi connectivity index (χ2v) is 8.87. The van der Waals surface area contributed by atoms with Crippen LogP contribution in [0, 0.1) is 6.92 Å². The van der Waals surface area contributed by atoms with E-state index >= 15 is 0 Å². The van der Waals surface area contributed by atoms with E-state index in [0.717, 1.165) is 5.56 Å². The Hall–Kier alpha value is -1.40. The molecule has 2 rings (SSSR count). The predicted molar refractivity (Wildman–Crippen MR) is 92.3 cm³/mol. The zero-order valence-corrected chi connectivity index (χ0v) is 14.9. The Morgan fingerprint density at radius 2 is 2.00 bits per heavy atom. The number of sulfone groups is 1. The van der Waals surface area contributed by atoms with Crippen LogP contribution in [0.3, 0.4) is 0 Å². The predicted octanol–water partition coefficient (Wildman–Crippen LogP) is 1.38. The van der Waals surface area contributed by atoms with Crippen molar-refractivity contribution in [1.82, 2.24) is 10.6 Å². The summed E-state index contributed by atoms with van der Waals surface area (Å²) in [6.07, 6.45) is 1.83. The van der Waals surface area contributed by atoms with Crippen molar-refractivity contribution in [3.8, 4) is 0 Å². The number of hydrogen-bond donors (Lipinski definition) is 2. The average Bonchev–Trinajstić information content (AvgIpc) is 2.51. The largest absolute Gasteiger partial charge is 0.354 e.